The minimum Gasteiger partial charge on any atom is -0.336 e. The number of fused-ring (bicyclic) bond motifs is 1. The Labute approximate surface area is 128 Å². The quantitative estimate of drug-likeness (QED) is 0.783. The first-order chi connectivity index (χ1) is 9.91. The number of hydrogen-bond acceptors (Lipinski definition) is 3. The lowest BCUT2D eigenvalue weighted by atomic mass is 10.1. The van der Waals surface area contributed by atoms with E-state index in [2.05, 4.69) is 5.10 Å². The van der Waals surface area contributed by atoms with Gasteiger partial charge in [0.15, 0.2) is 0 Å². The molecular formula is C14H19ClN4O2. The van der Waals surface area contributed by atoms with Gasteiger partial charge >= 0.3 is 0 Å². The second kappa shape index (κ2) is 5.02. The van der Waals surface area contributed by atoms with Crippen LogP contribution in [-0.2, 0) is 11.8 Å². The summed E-state index contributed by atoms with van der Waals surface area (Å²) in [5.74, 6) is -0.178. The monoisotopic (exact) mass is 310 g/mol. The van der Waals surface area contributed by atoms with Gasteiger partial charge in [0.1, 0.15) is 11.7 Å². The van der Waals surface area contributed by atoms with Crippen LogP contribution in [0.15, 0.2) is 0 Å². The van der Waals surface area contributed by atoms with E-state index in [0.29, 0.717) is 23.0 Å². The van der Waals surface area contributed by atoms with Gasteiger partial charge in [-0.3, -0.25) is 14.3 Å². The van der Waals surface area contributed by atoms with Crippen LogP contribution in [0.2, 0.25) is 5.02 Å². The van der Waals surface area contributed by atoms with Gasteiger partial charge in [0.25, 0.3) is 5.91 Å². The summed E-state index contributed by atoms with van der Waals surface area (Å²) in [6, 6.07) is -0.302. The van der Waals surface area contributed by atoms with Gasteiger partial charge in [-0.15, -0.1) is 0 Å². The molecule has 0 aromatic carbocycles. The fourth-order valence-corrected chi connectivity index (χ4v) is 3.57. The Morgan fingerprint density at radius 3 is 2.76 bits per heavy atom. The highest BCUT2D eigenvalue weighted by atomic mass is 35.5. The summed E-state index contributed by atoms with van der Waals surface area (Å²) in [6.45, 7) is 4.93. The molecule has 7 heteroatoms. The number of nitrogens with zero attached hydrogens (tertiary/aromatic N) is 4. The summed E-state index contributed by atoms with van der Waals surface area (Å²) in [5.41, 5.74) is 0.987. The summed E-state index contributed by atoms with van der Waals surface area (Å²) in [7, 11) is 1.70. The number of hydrogen-bond donors (Lipinski definition) is 0. The van der Waals surface area contributed by atoms with Gasteiger partial charge in [0.2, 0.25) is 5.91 Å². The topological polar surface area (TPSA) is 58.4 Å². The van der Waals surface area contributed by atoms with E-state index in [1.165, 1.54) is 4.68 Å². The molecule has 0 saturated carbocycles. The zero-order valence-corrected chi connectivity index (χ0v) is 13.2. The number of amides is 2. The summed E-state index contributed by atoms with van der Waals surface area (Å²) in [5, 5.41) is 4.55. The third-order valence-electron chi connectivity index (χ3n) is 4.51. The second-order valence-electron chi connectivity index (χ2n) is 5.83. The number of carbonyl (C=O) groups excluding carboxylic acids is 2. The molecule has 0 spiro atoms. The number of piperazine rings is 1. The van der Waals surface area contributed by atoms with Gasteiger partial charge in [-0.1, -0.05) is 11.6 Å². The van der Waals surface area contributed by atoms with Crippen molar-refractivity contribution in [1.82, 2.24) is 19.6 Å². The zero-order valence-electron chi connectivity index (χ0n) is 12.5. The van der Waals surface area contributed by atoms with Crippen molar-refractivity contribution in [2.75, 3.05) is 13.1 Å². The Balaban J connectivity index is 1.92. The fourth-order valence-electron chi connectivity index (χ4n) is 3.33. The molecule has 2 aliphatic heterocycles. The van der Waals surface area contributed by atoms with Crippen molar-refractivity contribution in [2.24, 2.45) is 7.05 Å². The van der Waals surface area contributed by atoms with Gasteiger partial charge in [-0.05, 0) is 26.7 Å². The molecule has 6 nitrogen and oxygen atoms in total. The van der Waals surface area contributed by atoms with E-state index in [9.17, 15) is 9.59 Å². The lowest BCUT2D eigenvalue weighted by Gasteiger charge is -2.41. The fraction of sp³-hybridized carbons (Fsp3) is 0.643. The largest absolute Gasteiger partial charge is 0.336 e. The van der Waals surface area contributed by atoms with E-state index in [-0.39, 0.29) is 17.9 Å². The van der Waals surface area contributed by atoms with Crippen molar-refractivity contribution < 1.29 is 9.59 Å². The van der Waals surface area contributed by atoms with Crippen molar-refractivity contribution in [1.29, 1.82) is 0 Å². The number of aromatic nitrogens is 2. The highest BCUT2D eigenvalue weighted by Crippen LogP contribution is 2.28. The molecule has 1 aromatic rings. The molecule has 2 amide bonds. The van der Waals surface area contributed by atoms with Crippen LogP contribution in [-0.4, -0.2) is 56.6 Å². The maximum Gasteiger partial charge on any atom is 0.274 e. The molecule has 2 saturated heterocycles. The van der Waals surface area contributed by atoms with Crippen molar-refractivity contribution in [3.05, 3.63) is 16.4 Å². The Kier molecular flexibility index (Phi) is 3.43. The Morgan fingerprint density at radius 1 is 1.43 bits per heavy atom. The molecule has 3 rings (SSSR count). The predicted octanol–water partition coefficient (Wildman–Crippen LogP) is 1.22. The molecule has 2 fully saturated rings. The van der Waals surface area contributed by atoms with Gasteiger partial charge < -0.3 is 9.80 Å². The number of halogens is 1. The highest BCUT2D eigenvalue weighted by molar-refractivity contribution is 6.34. The van der Waals surface area contributed by atoms with Crippen LogP contribution in [0.25, 0.3) is 0 Å². The van der Waals surface area contributed by atoms with E-state index in [4.69, 9.17) is 11.6 Å². The van der Waals surface area contributed by atoms with Gasteiger partial charge in [0.05, 0.1) is 10.7 Å². The molecule has 3 heterocycles. The molecule has 2 atom stereocenters. The van der Waals surface area contributed by atoms with Crippen molar-refractivity contribution in [3.63, 3.8) is 0 Å². The second-order valence-corrected chi connectivity index (χ2v) is 6.21. The average molecular weight is 311 g/mol. The van der Waals surface area contributed by atoms with Crippen LogP contribution in [0.1, 0.15) is 35.9 Å². The summed E-state index contributed by atoms with van der Waals surface area (Å²) in [6.07, 6.45) is 1.97. The number of carbonyl (C=O) groups is 2. The van der Waals surface area contributed by atoms with Crippen LogP contribution in [0, 0.1) is 6.92 Å². The molecule has 0 bridgehead atoms. The standard InChI is InChI=1S/C14H19ClN4O2/c1-8-11(15)12(17(3)16-8)14(21)19-7-10-5-4-6-18(10)13(20)9(19)2/h9-10H,4-7H2,1-3H3/t9-,10+/m0/s1. The van der Waals surface area contributed by atoms with Crippen molar-refractivity contribution >= 4 is 23.4 Å². The molecule has 2 aliphatic rings. The van der Waals surface area contributed by atoms with Crippen LogP contribution < -0.4 is 0 Å². The van der Waals surface area contributed by atoms with Gasteiger partial charge in [-0.2, -0.15) is 5.10 Å². The normalized spacial score (nSPS) is 25.4. The summed E-state index contributed by atoms with van der Waals surface area (Å²) in [4.78, 5) is 28.8. The maximum atomic E-state index is 12.8. The first kappa shape index (κ1) is 14.4. The lowest BCUT2D eigenvalue weighted by Crippen LogP contribution is -2.60. The summed E-state index contributed by atoms with van der Waals surface area (Å²) >= 11 is 6.20. The van der Waals surface area contributed by atoms with Crippen molar-refractivity contribution in [3.8, 4) is 0 Å². The Morgan fingerprint density at radius 2 is 2.14 bits per heavy atom. The number of rotatable bonds is 1. The molecule has 0 unspecified atom stereocenters. The molecule has 0 N–H and O–H groups in total. The Bertz CT molecular complexity index is 612. The lowest BCUT2D eigenvalue weighted by molar-refractivity contribution is -0.141. The molecule has 0 radical (unpaired) electrons. The molecule has 1 aromatic heterocycles. The third kappa shape index (κ3) is 2.12. The average Bonchev–Trinajstić information content (AvgIpc) is 2.99. The summed E-state index contributed by atoms with van der Waals surface area (Å²) < 4.78 is 1.50. The van der Waals surface area contributed by atoms with Crippen LogP contribution >= 0.6 is 11.6 Å². The van der Waals surface area contributed by atoms with E-state index < -0.39 is 6.04 Å². The zero-order chi connectivity index (χ0) is 15.3. The third-order valence-corrected chi connectivity index (χ3v) is 4.96. The Hall–Kier alpha value is -1.56. The van der Waals surface area contributed by atoms with Crippen LogP contribution in [0.3, 0.4) is 0 Å². The van der Waals surface area contributed by atoms with Crippen LogP contribution in [0.4, 0.5) is 0 Å². The molecule has 0 aliphatic carbocycles. The van der Waals surface area contributed by atoms with Crippen molar-refractivity contribution in [2.45, 2.75) is 38.8 Å². The SMILES string of the molecule is Cc1nn(C)c(C(=O)N2C[C@H]3CCCN3C(=O)[C@@H]2C)c1Cl. The predicted molar refractivity (Wildman–Crippen MR) is 78.2 cm³/mol. The molecular weight excluding hydrogens is 292 g/mol. The van der Waals surface area contributed by atoms with E-state index in [1.807, 2.05) is 4.90 Å². The molecule has 21 heavy (non-hydrogen) atoms. The molecule has 114 valence electrons. The minimum absolute atomic E-state index is 0.0344. The minimum atomic E-state index is -0.446. The maximum absolute atomic E-state index is 12.8. The van der Waals surface area contributed by atoms with Gasteiger partial charge in [0, 0.05) is 26.2 Å². The smallest absolute Gasteiger partial charge is 0.274 e. The van der Waals surface area contributed by atoms with E-state index >= 15 is 0 Å². The highest BCUT2D eigenvalue weighted by Gasteiger charge is 2.43. The number of aryl methyl sites for hydroxylation is 2. The van der Waals surface area contributed by atoms with Crippen LogP contribution in [0.5, 0.6) is 0 Å². The van der Waals surface area contributed by atoms with Gasteiger partial charge in [-0.25, -0.2) is 0 Å². The van der Waals surface area contributed by atoms with E-state index in [1.54, 1.807) is 25.8 Å². The first-order valence-electron chi connectivity index (χ1n) is 7.22. The first-order valence-corrected chi connectivity index (χ1v) is 7.60. The van der Waals surface area contributed by atoms with E-state index in [0.717, 1.165) is 19.4 Å².